The summed E-state index contributed by atoms with van der Waals surface area (Å²) in [5, 5.41) is 1.18. The van der Waals surface area contributed by atoms with Gasteiger partial charge in [0.1, 0.15) is 5.82 Å². The number of benzene rings is 1. The fourth-order valence-corrected chi connectivity index (χ4v) is 5.91. The molecule has 0 radical (unpaired) electrons. The first-order valence-corrected chi connectivity index (χ1v) is 13.7. The van der Waals surface area contributed by atoms with Gasteiger partial charge in [0, 0.05) is 50.6 Å². The Bertz CT molecular complexity index is 1260. The summed E-state index contributed by atoms with van der Waals surface area (Å²) in [6.45, 7) is 10.1. The van der Waals surface area contributed by atoms with E-state index in [0.717, 1.165) is 43.7 Å². The number of hydrogen-bond donors (Lipinski definition) is 0. The molecule has 7 heteroatoms. The average Bonchev–Trinajstić information content (AvgIpc) is 3.48. The van der Waals surface area contributed by atoms with Gasteiger partial charge >= 0.3 is 0 Å². The molecular weight excluding hydrogens is 467 g/mol. The first-order chi connectivity index (χ1) is 17.8. The Morgan fingerprint density at radius 3 is 2.84 bits per heavy atom. The van der Waals surface area contributed by atoms with E-state index in [1.165, 1.54) is 48.8 Å². The third-order valence-corrected chi connectivity index (χ3v) is 8.14. The Hall–Kier alpha value is -2.77. The molecular formula is C30H39FN4O2. The lowest BCUT2D eigenvalue weighted by molar-refractivity contribution is -0.00236. The predicted molar refractivity (Wildman–Crippen MR) is 145 cm³/mol. The van der Waals surface area contributed by atoms with Crippen LogP contribution in [-0.4, -0.2) is 70.7 Å². The number of ether oxygens (including phenoxy) is 1. The number of aromatic nitrogens is 2. The minimum absolute atomic E-state index is 0.00817. The second-order valence-corrected chi connectivity index (χ2v) is 11.2. The third-order valence-electron chi connectivity index (χ3n) is 8.14. The molecule has 0 bridgehead atoms. The smallest absolute Gasteiger partial charge is 0.256 e. The van der Waals surface area contributed by atoms with Gasteiger partial charge in [-0.25, -0.2) is 4.39 Å². The highest BCUT2D eigenvalue weighted by Gasteiger charge is 2.28. The van der Waals surface area contributed by atoms with Gasteiger partial charge in [-0.3, -0.25) is 9.78 Å². The highest BCUT2D eigenvalue weighted by Crippen LogP contribution is 2.33. The molecule has 2 atom stereocenters. The van der Waals surface area contributed by atoms with Gasteiger partial charge in [-0.05, 0) is 94.7 Å². The van der Waals surface area contributed by atoms with Gasteiger partial charge in [0.25, 0.3) is 5.91 Å². The lowest BCUT2D eigenvalue weighted by atomic mass is 9.97. The molecule has 6 nitrogen and oxygen atoms in total. The number of halogens is 1. The van der Waals surface area contributed by atoms with E-state index in [1.54, 1.807) is 18.0 Å². The van der Waals surface area contributed by atoms with Gasteiger partial charge in [0.15, 0.2) is 0 Å². The summed E-state index contributed by atoms with van der Waals surface area (Å²) in [5.74, 6) is -0.0373. The molecule has 2 saturated heterocycles. The van der Waals surface area contributed by atoms with Crippen LogP contribution in [0.25, 0.3) is 16.6 Å². The zero-order valence-corrected chi connectivity index (χ0v) is 22.5. The number of carbonyl (C=O) groups is 1. The molecule has 198 valence electrons. The van der Waals surface area contributed by atoms with E-state index in [2.05, 4.69) is 23.0 Å². The van der Waals surface area contributed by atoms with Crippen molar-refractivity contribution < 1.29 is 13.9 Å². The Morgan fingerprint density at radius 1 is 1.24 bits per heavy atom. The Kier molecular flexibility index (Phi) is 7.63. The van der Waals surface area contributed by atoms with Gasteiger partial charge < -0.3 is 19.1 Å². The van der Waals surface area contributed by atoms with Crippen molar-refractivity contribution in [3.63, 3.8) is 0 Å². The second kappa shape index (κ2) is 10.9. The van der Waals surface area contributed by atoms with Crippen molar-refractivity contribution in [1.82, 2.24) is 19.4 Å². The van der Waals surface area contributed by atoms with Gasteiger partial charge in [0.2, 0.25) is 0 Å². The van der Waals surface area contributed by atoms with Crippen molar-refractivity contribution in [3.05, 3.63) is 59.3 Å². The normalized spacial score (nSPS) is 20.7. The van der Waals surface area contributed by atoms with Crippen molar-refractivity contribution in [1.29, 1.82) is 0 Å². The Morgan fingerprint density at radius 2 is 2.08 bits per heavy atom. The highest BCUT2D eigenvalue weighted by molar-refractivity contribution is 5.99. The summed E-state index contributed by atoms with van der Waals surface area (Å²) >= 11 is 0. The molecule has 4 heterocycles. The van der Waals surface area contributed by atoms with Crippen LogP contribution in [0, 0.1) is 18.7 Å². The number of likely N-dealkylation sites (tertiary alicyclic amines) is 1. The summed E-state index contributed by atoms with van der Waals surface area (Å²) < 4.78 is 22.4. The number of fused-ring (bicyclic) bond motifs is 1. The number of pyridine rings is 1. The molecule has 0 saturated carbocycles. The summed E-state index contributed by atoms with van der Waals surface area (Å²) in [7, 11) is 1.76. The molecule has 3 aromatic rings. The average molecular weight is 507 g/mol. The van der Waals surface area contributed by atoms with Crippen LogP contribution in [0.4, 0.5) is 4.39 Å². The molecule has 0 unspecified atom stereocenters. The SMILES string of the molecule is Cc1cncc2c1c(C[C@@H]1CCN(C[C@H]3CCCCO3)C1)cn2-c1ccc(F)cc1C(=O)N(C)C(C)C. The van der Waals surface area contributed by atoms with Crippen LogP contribution in [0.3, 0.4) is 0 Å². The van der Waals surface area contributed by atoms with E-state index in [0.29, 0.717) is 23.3 Å². The summed E-state index contributed by atoms with van der Waals surface area (Å²) in [6.07, 6.45) is 12.0. The van der Waals surface area contributed by atoms with Crippen LogP contribution >= 0.6 is 0 Å². The monoisotopic (exact) mass is 506 g/mol. The number of aryl methyl sites for hydroxylation is 1. The van der Waals surface area contributed by atoms with E-state index in [-0.39, 0.29) is 11.9 Å². The van der Waals surface area contributed by atoms with Crippen molar-refractivity contribution in [2.75, 3.05) is 33.3 Å². The summed E-state index contributed by atoms with van der Waals surface area (Å²) in [6, 6.07) is 4.50. The molecule has 37 heavy (non-hydrogen) atoms. The molecule has 0 spiro atoms. The quantitative estimate of drug-likeness (QED) is 0.431. The zero-order chi connectivity index (χ0) is 26.1. The van der Waals surface area contributed by atoms with E-state index in [9.17, 15) is 9.18 Å². The summed E-state index contributed by atoms with van der Waals surface area (Å²) in [4.78, 5) is 22.0. The van der Waals surface area contributed by atoms with Gasteiger partial charge in [0.05, 0.1) is 29.1 Å². The minimum Gasteiger partial charge on any atom is -0.377 e. The number of hydrogen-bond acceptors (Lipinski definition) is 4. The maximum Gasteiger partial charge on any atom is 0.256 e. The van der Waals surface area contributed by atoms with Crippen molar-refractivity contribution in [2.24, 2.45) is 5.92 Å². The van der Waals surface area contributed by atoms with Crippen molar-refractivity contribution >= 4 is 16.8 Å². The highest BCUT2D eigenvalue weighted by atomic mass is 19.1. The number of amides is 1. The van der Waals surface area contributed by atoms with Crippen LogP contribution < -0.4 is 0 Å². The largest absolute Gasteiger partial charge is 0.377 e. The third kappa shape index (κ3) is 5.43. The topological polar surface area (TPSA) is 50.6 Å². The van der Waals surface area contributed by atoms with Gasteiger partial charge in [-0.1, -0.05) is 0 Å². The van der Waals surface area contributed by atoms with Gasteiger partial charge in [-0.2, -0.15) is 0 Å². The molecule has 2 aliphatic heterocycles. The Labute approximate surface area is 219 Å². The molecule has 0 N–H and O–H groups in total. The molecule has 0 aliphatic carbocycles. The van der Waals surface area contributed by atoms with Crippen LogP contribution in [-0.2, 0) is 11.2 Å². The maximum atomic E-state index is 14.3. The Balaban J connectivity index is 1.45. The van der Waals surface area contributed by atoms with Crippen LogP contribution in [0.15, 0.2) is 36.8 Å². The van der Waals surface area contributed by atoms with Crippen LogP contribution in [0.1, 0.15) is 61.0 Å². The molecule has 2 aromatic heterocycles. The lowest BCUT2D eigenvalue weighted by Crippen LogP contribution is -2.34. The lowest BCUT2D eigenvalue weighted by Gasteiger charge is -2.27. The second-order valence-electron chi connectivity index (χ2n) is 11.2. The fourth-order valence-electron chi connectivity index (χ4n) is 5.91. The standard InChI is InChI=1S/C30H39FN4O2/c1-20(2)33(4)30(36)26-14-24(31)8-9-27(26)35-18-23(29-21(3)15-32-16-28(29)35)13-22-10-11-34(17-22)19-25-7-5-6-12-37-25/h8-9,14-16,18,20,22,25H,5-7,10-13,17,19H2,1-4H3/t22-,25+/m0/s1. The molecule has 1 amide bonds. The van der Waals surface area contributed by atoms with E-state index in [4.69, 9.17) is 4.74 Å². The van der Waals surface area contributed by atoms with Crippen LogP contribution in [0.5, 0.6) is 0 Å². The summed E-state index contributed by atoms with van der Waals surface area (Å²) in [5.41, 5.74) is 4.38. The fraction of sp³-hybridized carbons (Fsp3) is 0.533. The van der Waals surface area contributed by atoms with Crippen molar-refractivity contribution in [3.8, 4) is 5.69 Å². The molecule has 1 aromatic carbocycles. The molecule has 2 fully saturated rings. The first-order valence-electron chi connectivity index (χ1n) is 13.7. The van der Waals surface area contributed by atoms with E-state index >= 15 is 0 Å². The number of rotatable bonds is 7. The van der Waals surface area contributed by atoms with Crippen molar-refractivity contribution in [2.45, 2.75) is 65.0 Å². The van der Waals surface area contributed by atoms with Crippen LogP contribution in [0.2, 0.25) is 0 Å². The zero-order valence-electron chi connectivity index (χ0n) is 22.5. The predicted octanol–water partition coefficient (Wildman–Crippen LogP) is 5.39. The maximum absolute atomic E-state index is 14.3. The van der Waals surface area contributed by atoms with Gasteiger partial charge in [-0.15, -0.1) is 0 Å². The number of carbonyl (C=O) groups excluding carboxylic acids is 1. The number of nitrogens with zero attached hydrogens (tertiary/aromatic N) is 4. The first kappa shape index (κ1) is 25.9. The van der Waals surface area contributed by atoms with E-state index in [1.807, 2.05) is 30.8 Å². The molecule has 5 rings (SSSR count). The molecule has 2 aliphatic rings. The van der Waals surface area contributed by atoms with E-state index < -0.39 is 5.82 Å². The minimum atomic E-state index is -0.414.